The average Bonchev–Trinajstić information content (AvgIpc) is 2.70. The maximum Gasteiger partial charge on any atom is 0.253 e. The van der Waals surface area contributed by atoms with E-state index in [4.69, 9.17) is 0 Å². The number of likely N-dealkylation sites (tertiary alicyclic amines) is 1. The molecule has 1 heterocycles. The molecule has 6 nitrogen and oxygen atoms in total. The van der Waals surface area contributed by atoms with Gasteiger partial charge in [0.25, 0.3) is 5.91 Å². The minimum absolute atomic E-state index is 0.0954. The topological polar surface area (TPSA) is 78.5 Å². The highest BCUT2D eigenvalue weighted by atomic mass is 19.1. The first-order valence-corrected chi connectivity index (χ1v) is 9.57. The monoisotopic (exact) mass is 397 g/mol. The van der Waals surface area contributed by atoms with E-state index in [1.165, 1.54) is 31.2 Å². The van der Waals surface area contributed by atoms with Gasteiger partial charge in [-0.1, -0.05) is 6.07 Å². The van der Waals surface area contributed by atoms with E-state index in [2.05, 4.69) is 10.6 Å². The van der Waals surface area contributed by atoms with E-state index >= 15 is 0 Å². The molecule has 0 unspecified atom stereocenters. The summed E-state index contributed by atoms with van der Waals surface area (Å²) < 4.78 is 13.0. The number of aryl methyl sites for hydroxylation is 1. The number of piperidine rings is 1. The van der Waals surface area contributed by atoms with Crippen molar-refractivity contribution in [2.45, 2.75) is 26.7 Å². The molecule has 7 heteroatoms. The number of hydrogen-bond acceptors (Lipinski definition) is 3. The first kappa shape index (κ1) is 20.5. The zero-order valence-electron chi connectivity index (χ0n) is 16.5. The normalized spacial score (nSPS) is 14.4. The van der Waals surface area contributed by atoms with E-state index < -0.39 is 0 Å². The van der Waals surface area contributed by atoms with Crippen molar-refractivity contribution in [2.24, 2.45) is 5.92 Å². The van der Waals surface area contributed by atoms with Crippen LogP contribution in [0.15, 0.2) is 42.5 Å². The van der Waals surface area contributed by atoms with Gasteiger partial charge in [0.15, 0.2) is 0 Å². The van der Waals surface area contributed by atoms with Gasteiger partial charge in [0.1, 0.15) is 5.82 Å². The third kappa shape index (κ3) is 5.19. The van der Waals surface area contributed by atoms with E-state index in [1.54, 1.807) is 17.0 Å². The molecule has 1 fully saturated rings. The van der Waals surface area contributed by atoms with E-state index in [0.717, 1.165) is 5.56 Å². The number of halogens is 1. The molecule has 2 aromatic rings. The molecule has 0 atom stereocenters. The fourth-order valence-corrected chi connectivity index (χ4v) is 3.39. The highest BCUT2D eigenvalue weighted by molar-refractivity contribution is 5.96. The summed E-state index contributed by atoms with van der Waals surface area (Å²) in [6.07, 6.45) is 1.12. The lowest BCUT2D eigenvalue weighted by Crippen LogP contribution is -2.41. The summed E-state index contributed by atoms with van der Waals surface area (Å²) in [6.45, 7) is 4.26. The van der Waals surface area contributed by atoms with Crippen molar-refractivity contribution in [3.8, 4) is 0 Å². The van der Waals surface area contributed by atoms with Crippen LogP contribution in [-0.4, -0.2) is 35.7 Å². The molecule has 0 saturated carbocycles. The molecule has 0 aliphatic carbocycles. The Labute approximate surface area is 169 Å². The second kappa shape index (κ2) is 8.86. The molecule has 152 valence electrons. The third-order valence-electron chi connectivity index (χ3n) is 5.06. The summed E-state index contributed by atoms with van der Waals surface area (Å²) in [5, 5.41) is 5.64. The highest BCUT2D eigenvalue weighted by Gasteiger charge is 2.28. The summed E-state index contributed by atoms with van der Waals surface area (Å²) in [5.41, 5.74) is 2.63. The molecule has 0 radical (unpaired) electrons. The minimum atomic E-state index is -0.380. The van der Waals surface area contributed by atoms with Crippen LogP contribution in [0.25, 0.3) is 0 Å². The summed E-state index contributed by atoms with van der Waals surface area (Å²) in [7, 11) is 0. The van der Waals surface area contributed by atoms with Gasteiger partial charge in [-0.15, -0.1) is 0 Å². The van der Waals surface area contributed by atoms with Crippen LogP contribution in [0.2, 0.25) is 0 Å². The van der Waals surface area contributed by atoms with Gasteiger partial charge in [-0.05, 0) is 61.7 Å². The summed E-state index contributed by atoms with van der Waals surface area (Å²) in [6, 6.07) is 10.8. The summed E-state index contributed by atoms with van der Waals surface area (Å²) >= 11 is 0. The molecule has 1 aliphatic rings. The number of nitrogens with one attached hydrogen (secondary N) is 2. The molecule has 1 aliphatic heterocycles. The molecular weight excluding hydrogens is 373 g/mol. The van der Waals surface area contributed by atoms with Crippen LogP contribution in [0.3, 0.4) is 0 Å². The SMILES string of the molecule is CC(=O)Nc1ccc(C)c(NC(=O)C2CCN(C(=O)c3ccc(F)cc3)CC2)c1. The Morgan fingerprint density at radius 3 is 2.28 bits per heavy atom. The van der Waals surface area contributed by atoms with E-state index in [0.29, 0.717) is 42.9 Å². The van der Waals surface area contributed by atoms with Crippen molar-refractivity contribution in [3.05, 3.63) is 59.4 Å². The van der Waals surface area contributed by atoms with E-state index in [9.17, 15) is 18.8 Å². The van der Waals surface area contributed by atoms with Crippen molar-refractivity contribution >= 4 is 29.1 Å². The van der Waals surface area contributed by atoms with Crippen LogP contribution >= 0.6 is 0 Å². The second-order valence-electron chi connectivity index (χ2n) is 7.27. The molecule has 1 saturated heterocycles. The highest BCUT2D eigenvalue weighted by Crippen LogP contribution is 2.24. The standard InChI is InChI=1S/C22H24FN3O3/c1-14-3-8-19(24-15(2)27)13-20(14)25-21(28)16-9-11-26(12-10-16)22(29)17-4-6-18(23)7-5-17/h3-8,13,16H,9-12H2,1-2H3,(H,24,27)(H,25,28). The van der Waals surface area contributed by atoms with Crippen LogP contribution in [0.5, 0.6) is 0 Å². The molecule has 29 heavy (non-hydrogen) atoms. The molecule has 3 amide bonds. The Balaban J connectivity index is 1.58. The lowest BCUT2D eigenvalue weighted by Gasteiger charge is -2.31. The minimum Gasteiger partial charge on any atom is -0.339 e. The summed E-state index contributed by atoms with van der Waals surface area (Å²) in [5.74, 6) is -1.00. The number of benzene rings is 2. The molecular formula is C22H24FN3O3. The van der Waals surface area contributed by atoms with Crippen LogP contribution in [-0.2, 0) is 9.59 Å². The first-order valence-electron chi connectivity index (χ1n) is 9.57. The maximum atomic E-state index is 13.0. The van der Waals surface area contributed by atoms with Gasteiger partial charge in [0.05, 0.1) is 0 Å². The number of rotatable bonds is 4. The number of hydrogen-bond donors (Lipinski definition) is 2. The lowest BCUT2D eigenvalue weighted by atomic mass is 9.95. The van der Waals surface area contributed by atoms with Crippen LogP contribution in [0.4, 0.5) is 15.8 Å². The summed E-state index contributed by atoms with van der Waals surface area (Å²) in [4.78, 5) is 38.1. The van der Waals surface area contributed by atoms with Gasteiger partial charge >= 0.3 is 0 Å². The number of carbonyl (C=O) groups excluding carboxylic acids is 3. The smallest absolute Gasteiger partial charge is 0.253 e. The van der Waals surface area contributed by atoms with Crippen molar-refractivity contribution in [2.75, 3.05) is 23.7 Å². The van der Waals surface area contributed by atoms with E-state index in [-0.39, 0.29) is 29.5 Å². The van der Waals surface area contributed by atoms with Gasteiger partial charge in [0.2, 0.25) is 11.8 Å². The molecule has 2 aromatic carbocycles. The maximum absolute atomic E-state index is 13.0. The van der Waals surface area contributed by atoms with E-state index in [1.807, 2.05) is 13.0 Å². The Morgan fingerprint density at radius 1 is 1.00 bits per heavy atom. The Bertz CT molecular complexity index is 919. The van der Waals surface area contributed by atoms with Crippen molar-refractivity contribution in [1.29, 1.82) is 0 Å². The van der Waals surface area contributed by atoms with Crippen LogP contribution < -0.4 is 10.6 Å². The molecule has 0 spiro atoms. The Kier molecular flexibility index (Phi) is 6.26. The zero-order chi connectivity index (χ0) is 21.0. The van der Waals surface area contributed by atoms with Gasteiger partial charge in [-0.3, -0.25) is 14.4 Å². The molecule has 2 N–H and O–H groups in total. The fourth-order valence-electron chi connectivity index (χ4n) is 3.39. The zero-order valence-corrected chi connectivity index (χ0v) is 16.5. The molecule has 0 bridgehead atoms. The Hall–Kier alpha value is -3.22. The number of carbonyl (C=O) groups is 3. The molecule has 0 aromatic heterocycles. The quantitative estimate of drug-likeness (QED) is 0.828. The fraction of sp³-hybridized carbons (Fsp3) is 0.318. The largest absolute Gasteiger partial charge is 0.339 e. The average molecular weight is 397 g/mol. The third-order valence-corrected chi connectivity index (χ3v) is 5.06. The van der Waals surface area contributed by atoms with Crippen LogP contribution in [0.1, 0.15) is 35.7 Å². The van der Waals surface area contributed by atoms with Crippen molar-refractivity contribution in [1.82, 2.24) is 4.90 Å². The van der Waals surface area contributed by atoms with Crippen molar-refractivity contribution < 1.29 is 18.8 Å². The van der Waals surface area contributed by atoms with Crippen molar-refractivity contribution in [3.63, 3.8) is 0 Å². The number of anilines is 2. The lowest BCUT2D eigenvalue weighted by molar-refractivity contribution is -0.121. The predicted molar refractivity (Wildman–Crippen MR) is 109 cm³/mol. The number of amides is 3. The van der Waals surface area contributed by atoms with Gasteiger partial charge in [-0.25, -0.2) is 4.39 Å². The Morgan fingerprint density at radius 2 is 1.66 bits per heavy atom. The van der Waals surface area contributed by atoms with Crippen LogP contribution in [0, 0.1) is 18.7 Å². The second-order valence-corrected chi connectivity index (χ2v) is 7.27. The predicted octanol–water partition coefficient (Wildman–Crippen LogP) is 3.58. The number of nitrogens with zero attached hydrogens (tertiary/aromatic N) is 1. The van der Waals surface area contributed by atoms with Gasteiger partial charge in [0, 0.05) is 42.9 Å². The van der Waals surface area contributed by atoms with Gasteiger partial charge < -0.3 is 15.5 Å². The first-order chi connectivity index (χ1) is 13.8. The van der Waals surface area contributed by atoms with Gasteiger partial charge in [-0.2, -0.15) is 0 Å². The molecule has 3 rings (SSSR count).